The molecule has 0 unspecified atom stereocenters. The Labute approximate surface area is 118 Å². The molecule has 0 fully saturated rings. The second-order valence-electron chi connectivity index (χ2n) is 4.36. The van der Waals surface area contributed by atoms with E-state index in [0.29, 0.717) is 17.0 Å². The van der Waals surface area contributed by atoms with Crippen molar-refractivity contribution in [1.82, 2.24) is 14.6 Å². The van der Waals surface area contributed by atoms with E-state index in [1.165, 1.54) is 12.3 Å². The van der Waals surface area contributed by atoms with Gasteiger partial charge in [-0.3, -0.25) is 9.89 Å². The first-order chi connectivity index (χ1) is 10.1. The number of nitrogens with zero attached hydrogens (tertiary/aromatic N) is 2. The summed E-state index contributed by atoms with van der Waals surface area (Å²) in [4.78, 5) is 27.4. The highest BCUT2D eigenvalue weighted by molar-refractivity contribution is 5.94. The highest BCUT2D eigenvalue weighted by Crippen LogP contribution is 2.20. The van der Waals surface area contributed by atoms with Gasteiger partial charge in [-0.2, -0.15) is 0 Å². The summed E-state index contributed by atoms with van der Waals surface area (Å²) in [5, 5.41) is 11.7. The van der Waals surface area contributed by atoms with Crippen LogP contribution in [0.4, 0.5) is 0 Å². The molecule has 3 rings (SSSR count). The van der Waals surface area contributed by atoms with Crippen molar-refractivity contribution in [2.24, 2.45) is 0 Å². The summed E-state index contributed by atoms with van der Waals surface area (Å²) in [5.74, 6) is -0.461. The number of aromatic amines is 1. The van der Waals surface area contributed by atoms with Crippen molar-refractivity contribution in [3.05, 3.63) is 52.4 Å². The molecule has 7 nitrogen and oxygen atoms in total. The molecule has 0 saturated heterocycles. The second-order valence-corrected chi connectivity index (χ2v) is 4.36. The lowest BCUT2D eigenvalue weighted by molar-refractivity contribution is 0.0699. The maximum Gasteiger partial charge on any atom is 0.341 e. The Hall–Kier alpha value is -3.09. The number of methoxy groups -OCH3 is 1. The maximum atomic E-state index is 12.0. The van der Waals surface area contributed by atoms with Crippen molar-refractivity contribution in [2.75, 3.05) is 7.11 Å². The van der Waals surface area contributed by atoms with Gasteiger partial charge in [0, 0.05) is 17.8 Å². The molecule has 3 aromatic rings. The van der Waals surface area contributed by atoms with Gasteiger partial charge in [-0.1, -0.05) is 0 Å². The summed E-state index contributed by atoms with van der Waals surface area (Å²) in [5.41, 5.74) is 0.763. The monoisotopic (exact) mass is 285 g/mol. The number of hydrogen-bond acceptors (Lipinski definition) is 4. The number of fused-ring (bicyclic) bond motifs is 1. The van der Waals surface area contributed by atoms with Crippen LogP contribution in [0, 0.1) is 0 Å². The zero-order valence-corrected chi connectivity index (χ0v) is 11.0. The van der Waals surface area contributed by atoms with E-state index in [4.69, 9.17) is 9.84 Å². The third kappa shape index (κ3) is 2.14. The van der Waals surface area contributed by atoms with E-state index in [1.807, 2.05) is 0 Å². The van der Waals surface area contributed by atoms with Gasteiger partial charge in [-0.15, -0.1) is 0 Å². The molecule has 2 N–H and O–H groups in total. The van der Waals surface area contributed by atoms with Crippen LogP contribution in [-0.2, 0) is 0 Å². The number of aromatic nitrogens is 3. The molecular weight excluding hydrogens is 274 g/mol. The van der Waals surface area contributed by atoms with E-state index < -0.39 is 5.97 Å². The number of carboxylic acids is 1. The summed E-state index contributed by atoms with van der Waals surface area (Å²) < 4.78 is 6.16. The van der Waals surface area contributed by atoms with Gasteiger partial charge in [0.05, 0.1) is 12.8 Å². The number of carboxylic acid groups (broad SMARTS) is 1. The number of benzene rings is 1. The van der Waals surface area contributed by atoms with Crippen LogP contribution < -0.4 is 10.3 Å². The molecule has 1 aromatic carbocycles. The summed E-state index contributed by atoms with van der Waals surface area (Å²) in [7, 11) is 1.56. The summed E-state index contributed by atoms with van der Waals surface area (Å²) >= 11 is 0. The Bertz CT molecular complexity index is 877. The lowest BCUT2D eigenvalue weighted by Gasteiger charge is -2.03. The summed E-state index contributed by atoms with van der Waals surface area (Å²) in [6.45, 7) is 0. The predicted molar refractivity (Wildman–Crippen MR) is 74.8 cm³/mol. The lowest BCUT2D eigenvalue weighted by atomic mass is 10.1. The van der Waals surface area contributed by atoms with E-state index in [0.717, 1.165) is 4.52 Å². The Kier molecular flexibility index (Phi) is 2.94. The van der Waals surface area contributed by atoms with Gasteiger partial charge in [0.15, 0.2) is 5.65 Å². The van der Waals surface area contributed by atoms with Crippen LogP contribution in [0.1, 0.15) is 10.4 Å². The molecule has 106 valence electrons. The van der Waals surface area contributed by atoms with Gasteiger partial charge in [-0.05, 0) is 24.3 Å². The molecule has 2 aromatic heterocycles. The fourth-order valence-electron chi connectivity index (χ4n) is 2.05. The van der Waals surface area contributed by atoms with Gasteiger partial charge in [0.25, 0.3) is 5.56 Å². The molecule has 0 aliphatic rings. The van der Waals surface area contributed by atoms with E-state index in [2.05, 4.69) is 10.1 Å². The van der Waals surface area contributed by atoms with Crippen molar-refractivity contribution in [1.29, 1.82) is 0 Å². The number of rotatable bonds is 3. The van der Waals surface area contributed by atoms with Gasteiger partial charge in [0.1, 0.15) is 11.3 Å². The first-order valence-electron chi connectivity index (χ1n) is 6.09. The number of H-pyrrole nitrogens is 1. The normalized spacial score (nSPS) is 10.7. The molecule has 0 aliphatic carbocycles. The SMILES string of the molecule is COc1ccc(-c2cc(=O)n3[nH]cc(C(=O)O)c3n2)cc1. The minimum Gasteiger partial charge on any atom is -0.497 e. The van der Waals surface area contributed by atoms with Gasteiger partial charge in [-0.25, -0.2) is 14.3 Å². The number of nitrogens with one attached hydrogen (secondary N) is 1. The first-order valence-corrected chi connectivity index (χ1v) is 6.09. The summed E-state index contributed by atoms with van der Waals surface area (Å²) in [6, 6.07) is 8.34. The molecule has 0 amide bonds. The zero-order chi connectivity index (χ0) is 15.0. The first kappa shape index (κ1) is 12.9. The molecule has 7 heteroatoms. The molecule has 2 heterocycles. The van der Waals surface area contributed by atoms with Gasteiger partial charge in [0.2, 0.25) is 0 Å². The van der Waals surface area contributed by atoms with Crippen LogP contribution in [-0.4, -0.2) is 32.8 Å². The van der Waals surface area contributed by atoms with Crippen LogP contribution in [0.15, 0.2) is 41.3 Å². The van der Waals surface area contributed by atoms with E-state index in [1.54, 1.807) is 31.4 Å². The third-order valence-corrected chi connectivity index (χ3v) is 3.11. The number of carbonyl (C=O) groups is 1. The van der Waals surface area contributed by atoms with Crippen LogP contribution in [0.25, 0.3) is 16.9 Å². The zero-order valence-electron chi connectivity index (χ0n) is 11.0. The van der Waals surface area contributed by atoms with E-state index >= 15 is 0 Å². The largest absolute Gasteiger partial charge is 0.497 e. The standard InChI is InChI=1S/C14H11N3O4/c1-21-9-4-2-8(3-5-9)11-6-12(18)17-13(16-11)10(7-15-17)14(19)20/h2-7,15H,1H3,(H,19,20). The molecule has 0 radical (unpaired) electrons. The van der Waals surface area contributed by atoms with Crippen LogP contribution in [0.5, 0.6) is 5.75 Å². The van der Waals surface area contributed by atoms with Crippen molar-refractivity contribution in [2.45, 2.75) is 0 Å². The fraction of sp³-hybridized carbons (Fsp3) is 0.0714. The maximum absolute atomic E-state index is 12.0. The fourth-order valence-corrected chi connectivity index (χ4v) is 2.05. The molecule has 0 spiro atoms. The van der Waals surface area contributed by atoms with E-state index in [-0.39, 0.29) is 16.8 Å². The predicted octanol–water partition coefficient (Wildman–Crippen LogP) is 1.40. The second kappa shape index (κ2) is 4.78. The van der Waals surface area contributed by atoms with Crippen LogP contribution in [0.3, 0.4) is 0 Å². The van der Waals surface area contributed by atoms with Gasteiger partial charge < -0.3 is 9.84 Å². The van der Waals surface area contributed by atoms with Crippen LogP contribution >= 0.6 is 0 Å². The number of ether oxygens (including phenoxy) is 1. The minimum absolute atomic E-state index is 0.0533. The Morgan fingerprint density at radius 1 is 1.33 bits per heavy atom. The summed E-state index contributed by atoms with van der Waals surface area (Å²) in [6.07, 6.45) is 1.24. The molecule has 21 heavy (non-hydrogen) atoms. The quantitative estimate of drug-likeness (QED) is 0.758. The van der Waals surface area contributed by atoms with E-state index in [9.17, 15) is 9.59 Å². The number of aromatic carboxylic acids is 1. The Balaban J connectivity index is 2.20. The number of hydrogen-bond donors (Lipinski definition) is 2. The molecule has 0 aliphatic heterocycles. The van der Waals surface area contributed by atoms with Gasteiger partial charge >= 0.3 is 5.97 Å². The van der Waals surface area contributed by atoms with Crippen molar-refractivity contribution >= 4 is 11.6 Å². The Morgan fingerprint density at radius 3 is 2.67 bits per heavy atom. The van der Waals surface area contributed by atoms with Crippen molar-refractivity contribution < 1.29 is 14.6 Å². The van der Waals surface area contributed by atoms with Crippen LogP contribution in [0.2, 0.25) is 0 Å². The smallest absolute Gasteiger partial charge is 0.341 e. The topological polar surface area (TPSA) is 96.7 Å². The average molecular weight is 285 g/mol. The molecule has 0 saturated carbocycles. The van der Waals surface area contributed by atoms with Crippen molar-refractivity contribution in [3.8, 4) is 17.0 Å². The highest BCUT2D eigenvalue weighted by atomic mass is 16.5. The van der Waals surface area contributed by atoms with Crippen molar-refractivity contribution in [3.63, 3.8) is 0 Å². The molecular formula is C14H11N3O4. The molecule has 0 atom stereocenters. The lowest BCUT2D eigenvalue weighted by Crippen LogP contribution is -2.15. The average Bonchev–Trinajstić information content (AvgIpc) is 2.92. The molecule has 0 bridgehead atoms. The third-order valence-electron chi connectivity index (χ3n) is 3.11. The minimum atomic E-state index is -1.15. The highest BCUT2D eigenvalue weighted by Gasteiger charge is 2.14. The Morgan fingerprint density at radius 2 is 2.05 bits per heavy atom.